The smallest absolute Gasteiger partial charge is 0.262 e. The molecule has 142 valence electrons. The third-order valence-corrected chi connectivity index (χ3v) is 5.22. The van der Waals surface area contributed by atoms with Gasteiger partial charge in [-0.05, 0) is 54.5 Å². The standard InChI is InChI=1S/C20H23N3O3S/c1-12(2)17(23-19(25)16-4-3-11-27-16)20(26)22-15-9-7-14(8-10-15)21-18(24)13-5-6-13/h3-4,7-13,17H,5-6H2,1-2H3,(H,21,24)(H,22,26)(H,23,25). The summed E-state index contributed by atoms with van der Waals surface area (Å²) in [7, 11) is 0. The van der Waals surface area contributed by atoms with Gasteiger partial charge in [0.05, 0.1) is 4.88 Å². The summed E-state index contributed by atoms with van der Waals surface area (Å²) in [5.41, 5.74) is 1.32. The molecule has 27 heavy (non-hydrogen) atoms. The van der Waals surface area contributed by atoms with Crippen molar-refractivity contribution in [2.45, 2.75) is 32.7 Å². The van der Waals surface area contributed by atoms with Gasteiger partial charge in [-0.3, -0.25) is 14.4 Å². The number of hydrogen-bond donors (Lipinski definition) is 3. The summed E-state index contributed by atoms with van der Waals surface area (Å²) in [6.07, 6.45) is 1.90. The van der Waals surface area contributed by atoms with Gasteiger partial charge in [-0.15, -0.1) is 11.3 Å². The minimum absolute atomic E-state index is 0.0444. The Hall–Kier alpha value is -2.67. The van der Waals surface area contributed by atoms with Crippen molar-refractivity contribution in [2.75, 3.05) is 10.6 Å². The van der Waals surface area contributed by atoms with Gasteiger partial charge in [0, 0.05) is 17.3 Å². The molecular formula is C20H23N3O3S. The van der Waals surface area contributed by atoms with Crippen LogP contribution < -0.4 is 16.0 Å². The monoisotopic (exact) mass is 385 g/mol. The van der Waals surface area contributed by atoms with E-state index >= 15 is 0 Å². The Morgan fingerprint density at radius 1 is 1.00 bits per heavy atom. The van der Waals surface area contributed by atoms with Crippen LogP contribution in [0.2, 0.25) is 0 Å². The van der Waals surface area contributed by atoms with Crippen molar-refractivity contribution < 1.29 is 14.4 Å². The SMILES string of the molecule is CC(C)C(NC(=O)c1cccs1)C(=O)Nc1ccc(NC(=O)C2CC2)cc1. The number of rotatable bonds is 7. The first-order valence-corrected chi connectivity index (χ1v) is 9.88. The Balaban J connectivity index is 1.59. The lowest BCUT2D eigenvalue weighted by Gasteiger charge is -2.21. The first-order valence-electron chi connectivity index (χ1n) is 9.00. The molecule has 0 spiro atoms. The summed E-state index contributed by atoms with van der Waals surface area (Å²) in [4.78, 5) is 37.2. The fraction of sp³-hybridized carbons (Fsp3) is 0.350. The summed E-state index contributed by atoms with van der Waals surface area (Å²) in [5, 5.41) is 10.3. The number of hydrogen-bond acceptors (Lipinski definition) is 4. The molecule has 3 rings (SSSR count). The Kier molecular flexibility index (Phi) is 5.91. The molecule has 3 amide bonds. The number of carbonyl (C=O) groups excluding carboxylic acids is 3. The fourth-order valence-corrected chi connectivity index (χ4v) is 3.23. The first kappa shape index (κ1) is 19.1. The summed E-state index contributed by atoms with van der Waals surface area (Å²) >= 11 is 1.33. The van der Waals surface area contributed by atoms with E-state index in [4.69, 9.17) is 0 Å². The second kappa shape index (κ2) is 8.35. The highest BCUT2D eigenvalue weighted by Crippen LogP contribution is 2.30. The van der Waals surface area contributed by atoms with Gasteiger partial charge < -0.3 is 16.0 Å². The van der Waals surface area contributed by atoms with E-state index in [1.165, 1.54) is 11.3 Å². The van der Waals surface area contributed by atoms with Crippen LogP contribution in [0.25, 0.3) is 0 Å². The molecule has 6 nitrogen and oxygen atoms in total. The number of anilines is 2. The maximum atomic E-state index is 12.6. The van der Waals surface area contributed by atoms with E-state index in [0.717, 1.165) is 12.8 Å². The number of carbonyl (C=O) groups is 3. The molecule has 1 saturated carbocycles. The van der Waals surface area contributed by atoms with Crippen LogP contribution >= 0.6 is 11.3 Å². The van der Waals surface area contributed by atoms with Crippen LogP contribution in [0.5, 0.6) is 0 Å². The largest absolute Gasteiger partial charge is 0.339 e. The van der Waals surface area contributed by atoms with Crippen LogP contribution in [-0.2, 0) is 9.59 Å². The van der Waals surface area contributed by atoms with Crippen LogP contribution in [0, 0.1) is 11.8 Å². The Morgan fingerprint density at radius 3 is 2.15 bits per heavy atom. The van der Waals surface area contributed by atoms with Crippen molar-refractivity contribution in [1.29, 1.82) is 0 Å². The van der Waals surface area contributed by atoms with Gasteiger partial charge in [0.25, 0.3) is 5.91 Å². The highest BCUT2D eigenvalue weighted by Gasteiger charge is 2.29. The van der Waals surface area contributed by atoms with E-state index in [1.807, 2.05) is 19.2 Å². The number of thiophene rings is 1. The molecule has 2 aromatic rings. The number of amides is 3. The second-order valence-electron chi connectivity index (χ2n) is 7.00. The van der Waals surface area contributed by atoms with E-state index in [-0.39, 0.29) is 29.6 Å². The van der Waals surface area contributed by atoms with Gasteiger partial charge in [-0.2, -0.15) is 0 Å². The molecule has 7 heteroatoms. The zero-order valence-corrected chi connectivity index (χ0v) is 16.1. The fourth-order valence-electron chi connectivity index (χ4n) is 2.60. The number of benzene rings is 1. The quantitative estimate of drug-likeness (QED) is 0.682. The van der Waals surface area contributed by atoms with Crippen LogP contribution in [0.1, 0.15) is 36.4 Å². The average molecular weight is 385 g/mol. The molecule has 1 atom stereocenters. The summed E-state index contributed by atoms with van der Waals surface area (Å²) < 4.78 is 0. The van der Waals surface area contributed by atoms with Gasteiger partial charge in [-0.1, -0.05) is 19.9 Å². The molecule has 0 saturated heterocycles. The lowest BCUT2D eigenvalue weighted by atomic mass is 10.0. The highest BCUT2D eigenvalue weighted by molar-refractivity contribution is 7.12. The first-order chi connectivity index (χ1) is 12.9. The van der Waals surface area contributed by atoms with Crippen molar-refractivity contribution in [2.24, 2.45) is 11.8 Å². The summed E-state index contributed by atoms with van der Waals surface area (Å²) in [6, 6.07) is 9.86. The summed E-state index contributed by atoms with van der Waals surface area (Å²) in [5.74, 6) is -0.404. The minimum Gasteiger partial charge on any atom is -0.339 e. The predicted octanol–water partition coefficient (Wildman–Crippen LogP) is 3.49. The lowest BCUT2D eigenvalue weighted by molar-refractivity contribution is -0.119. The van der Waals surface area contributed by atoms with Crippen molar-refractivity contribution in [3.63, 3.8) is 0 Å². The Morgan fingerprint density at radius 2 is 1.63 bits per heavy atom. The van der Waals surface area contributed by atoms with Crippen molar-refractivity contribution in [1.82, 2.24) is 5.32 Å². The van der Waals surface area contributed by atoms with Crippen molar-refractivity contribution in [3.05, 3.63) is 46.7 Å². The van der Waals surface area contributed by atoms with Gasteiger partial charge in [0.15, 0.2) is 0 Å². The van der Waals surface area contributed by atoms with Gasteiger partial charge >= 0.3 is 0 Å². The zero-order chi connectivity index (χ0) is 19.4. The van der Waals surface area contributed by atoms with Gasteiger partial charge in [0.2, 0.25) is 11.8 Å². The van der Waals surface area contributed by atoms with Gasteiger partial charge in [-0.25, -0.2) is 0 Å². The van der Waals surface area contributed by atoms with Crippen LogP contribution in [-0.4, -0.2) is 23.8 Å². The molecular weight excluding hydrogens is 362 g/mol. The summed E-state index contributed by atoms with van der Waals surface area (Å²) in [6.45, 7) is 3.77. The van der Waals surface area contributed by atoms with Crippen molar-refractivity contribution in [3.8, 4) is 0 Å². The van der Waals surface area contributed by atoms with Crippen LogP contribution in [0.3, 0.4) is 0 Å². The van der Waals surface area contributed by atoms with E-state index in [2.05, 4.69) is 16.0 Å². The van der Waals surface area contributed by atoms with E-state index in [1.54, 1.807) is 36.4 Å². The maximum absolute atomic E-state index is 12.6. The van der Waals surface area contributed by atoms with E-state index in [0.29, 0.717) is 16.3 Å². The molecule has 0 bridgehead atoms. The molecule has 1 aromatic heterocycles. The normalized spacial score (nSPS) is 14.5. The van der Waals surface area contributed by atoms with Gasteiger partial charge in [0.1, 0.15) is 6.04 Å². The molecule has 1 heterocycles. The molecule has 1 aliphatic rings. The van der Waals surface area contributed by atoms with Crippen LogP contribution in [0.4, 0.5) is 11.4 Å². The maximum Gasteiger partial charge on any atom is 0.262 e. The third-order valence-electron chi connectivity index (χ3n) is 4.35. The molecule has 1 unspecified atom stereocenters. The second-order valence-corrected chi connectivity index (χ2v) is 7.95. The van der Waals surface area contributed by atoms with Crippen molar-refractivity contribution >= 4 is 40.4 Å². The topological polar surface area (TPSA) is 87.3 Å². The Bertz CT molecular complexity index is 812. The molecule has 0 radical (unpaired) electrons. The molecule has 1 fully saturated rings. The Labute approximate surface area is 162 Å². The molecule has 0 aliphatic heterocycles. The lowest BCUT2D eigenvalue weighted by Crippen LogP contribution is -2.46. The average Bonchev–Trinajstić information content (AvgIpc) is 3.35. The highest BCUT2D eigenvalue weighted by atomic mass is 32.1. The minimum atomic E-state index is -0.645. The predicted molar refractivity (Wildman–Crippen MR) is 107 cm³/mol. The van der Waals surface area contributed by atoms with Crippen LogP contribution in [0.15, 0.2) is 41.8 Å². The molecule has 3 N–H and O–H groups in total. The molecule has 1 aliphatic carbocycles. The van der Waals surface area contributed by atoms with E-state index in [9.17, 15) is 14.4 Å². The number of nitrogens with one attached hydrogen (secondary N) is 3. The zero-order valence-electron chi connectivity index (χ0n) is 15.3. The van der Waals surface area contributed by atoms with E-state index < -0.39 is 6.04 Å². The molecule has 1 aromatic carbocycles. The third kappa shape index (κ3) is 5.17.